The van der Waals surface area contributed by atoms with Crippen LogP contribution in [0.4, 0.5) is 0 Å². The Labute approximate surface area is 119 Å². The number of thiazole rings is 1. The average Bonchev–Trinajstić information content (AvgIpc) is 2.67. The van der Waals surface area contributed by atoms with E-state index in [2.05, 4.69) is 0 Å². The molecule has 0 spiro atoms. The van der Waals surface area contributed by atoms with Gasteiger partial charge in [0.15, 0.2) is 5.78 Å². The van der Waals surface area contributed by atoms with Crippen molar-refractivity contribution in [3.8, 4) is 0 Å². The minimum atomic E-state index is -1.15. The lowest BCUT2D eigenvalue weighted by Crippen LogP contribution is -2.20. The van der Waals surface area contributed by atoms with Crippen LogP contribution in [0, 0.1) is 13.8 Å². The first-order valence-electron chi connectivity index (χ1n) is 5.93. The number of Topliss-reactive ketones (excluding diaryl/α,β-unsaturated/α-hetero) is 1. The first kappa shape index (κ1) is 14.2. The van der Waals surface area contributed by atoms with Gasteiger partial charge in [0, 0.05) is 11.3 Å². The predicted octanol–water partition coefficient (Wildman–Crippen LogP) is 2.11. The molecule has 6 heteroatoms. The Kier molecular flexibility index (Phi) is 3.85. The van der Waals surface area contributed by atoms with Crippen molar-refractivity contribution in [2.45, 2.75) is 20.4 Å². The molecular formula is C14H13NO4S. The van der Waals surface area contributed by atoms with Crippen LogP contribution in [-0.4, -0.2) is 21.4 Å². The van der Waals surface area contributed by atoms with Crippen molar-refractivity contribution in [2.75, 3.05) is 0 Å². The van der Waals surface area contributed by atoms with E-state index in [1.54, 1.807) is 12.1 Å². The Balaban J connectivity index is 2.31. The molecule has 1 N–H and O–H groups in total. The summed E-state index contributed by atoms with van der Waals surface area (Å²) >= 11 is 0.644. The predicted molar refractivity (Wildman–Crippen MR) is 75.8 cm³/mol. The number of nitrogens with zero attached hydrogens (tertiary/aromatic N) is 1. The SMILES string of the molecule is Cc1ccc(C(=O)Cn2c(C)c(C(=O)O)sc2=O)cc1. The van der Waals surface area contributed by atoms with Gasteiger partial charge in [0.2, 0.25) is 0 Å². The van der Waals surface area contributed by atoms with Crippen LogP contribution in [-0.2, 0) is 6.54 Å². The normalized spacial score (nSPS) is 10.5. The largest absolute Gasteiger partial charge is 0.477 e. The third-order valence-electron chi connectivity index (χ3n) is 3.01. The summed E-state index contributed by atoms with van der Waals surface area (Å²) in [6, 6.07) is 7.03. The number of rotatable bonds is 4. The first-order chi connectivity index (χ1) is 9.40. The molecule has 1 aromatic carbocycles. The summed E-state index contributed by atoms with van der Waals surface area (Å²) in [5, 5.41) is 8.96. The van der Waals surface area contributed by atoms with Crippen LogP contribution in [0.5, 0.6) is 0 Å². The number of ketones is 1. The van der Waals surface area contributed by atoms with E-state index in [0.717, 1.165) is 5.56 Å². The van der Waals surface area contributed by atoms with Crippen molar-refractivity contribution < 1.29 is 14.7 Å². The van der Waals surface area contributed by atoms with E-state index in [-0.39, 0.29) is 17.2 Å². The topological polar surface area (TPSA) is 76.4 Å². The van der Waals surface area contributed by atoms with Gasteiger partial charge in [-0.3, -0.25) is 14.2 Å². The number of carbonyl (C=O) groups is 2. The molecular weight excluding hydrogens is 278 g/mol. The second kappa shape index (κ2) is 5.42. The molecule has 0 radical (unpaired) electrons. The van der Waals surface area contributed by atoms with Crippen molar-refractivity contribution in [1.82, 2.24) is 4.57 Å². The van der Waals surface area contributed by atoms with Crippen LogP contribution < -0.4 is 4.87 Å². The van der Waals surface area contributed by atoms with E-state index in [1.807, 2.05) is 19.1 Å². The number of aryl methyl sites for hydroxylation is 1. The third kappa shape index (κ3) is 2.70. The molecule has 0 fully saturated rings. The second-order valence-corrected chi connectivity index (χ2v) is 5.42. The Hall–Kier alpha value is -2.21. The fourth-order valence-electron chi connectivity index (χ4n) is 1.83. The van der Waals surface area contributed by atoms with Crippen LogP contribution >= 0.6 is 11.3 Å². The fourth-order valence-corrected chi connectivity index (χ4v) is 2.66. The standard InChI is InChI=1S/C14H13NO4S/c1-8-3-5-10(6-4-8)11(16)7-15-9(2)12(13(17)18)20-14(15)19/h3-6H,7H2,1-2H3,(H,17,18). The van der Waals surface area contributed by atoms with Gasteiger partial charge in [0.05, 0.1) is 6.54 Å². The minimum Gasteiger partial charge on any atom is -0.477 e. The number of carboxylic acid groups (broad SMARTS) is 1. The van der Waals surface area contributed by atoms with E-state index in [0.29, 0.717) is 22.6 Å². The van der Waals surface area contributed by atoms with Gasteiger partial charge in [-0.2, -0.15) is 0 Å². The Morgan fingerprint density at radius 3 is 2.30 bits per heavy atom. The summed E-state index contributed by atoms with van der Waals surface area (Å²) < 4.78 is 1.20. The minimum absolute atomic E-state index is 0.0216. The molecule has 0 amide bonds. The van der Waals surface area contributed by atoms with Crippen molar-refractivity contribution in [2.24, 2.45) is 0 Å². The van der Waals surface area contributed by atoms with E-state index < -0.39 is 10.8 Å². The van der Waals surface area contributed by atoms with Gasteiger partial charge in [0.1, 0.15) is 4.88 Å². The molecule has 20 heavy (non-hydrogen) atoms. The van der Waals surface area contributed by atoms with Crippen LogP contribution in [0.25, 0.3) is 0 Å². The molecule has 0 saturated heterocycles. The summed E-state index contributed by atoms with van der Waals surface area (Å²) in [6.45, 7) is 3.31. The monoisotopic (exact) mass is 291 g/mol. The summed E-state index contributed by atoms with van der Waals surface area (Å²) in [7, 11) is 0. The van der Waals surface area contributed by atoms with Crippen LogP contribution in [0.2, 0.25) is 0 Å². The van der Waals surface area contributed by atoms with Gasteiger partial charge in [-0.05, 0) is 13.8 Å². The van der Waals surface area contributed by atoms with E-state index in [4.69, 9.17) is 5.11 Å². The Morgan fingerprint density at radius 1 is 1.20 bits per heavy atom. The van der Waals surface area contributed by atoms with Crippen molar-refractivity contribution in [3.63, 3.8) is 0 Å². The maximum atomic E-state index is 12.1. The molecule has 104 valence electrons. The van der Waals surface area contributed by atoms with E-state index >= 15 is 0 Å². The molecule has 0 unspecified atom stereocenters. The molecule has 0 saturated carbocycles. The zero-order chi connectivity index (χ0) is 14.9. The van der Waals surface area contributed by atoms with Gasteiger partial charge in [0.25, 0.3) is 0 Å². The number of carbonyl (C=O) groups excluding carboxylic acids is 1. The first-order valence-corrected chi connectivity index (χ1v) is 6.75. The molecule has 0 aliphatic rings. The average molecular weight is 291 g/mol. The second-order valence-electron chi connectivity index (χ2n) is 4.46. The number of aromatic nitrogens is 1. The number of carboxylic acids is 1. The number of hydrogen-bond donors (Lipinski definition) is 1. The Morgan fingerprint density at radius 2 is 1.80 bits per heavy atom. The van der Waals surface area contributed by atoms with Crippen LogP contribution in [0.1, 0.15) is 31.3 Å². The molecule has 2 aromatic rings. The van der Waals surface area contributed by atoms with Crippen LogP contribution in [0.3, 0.4) is 0 Å². The zero-order valence-electron chi connectivity index (χ0n) is 11.0. The van der Waals surface area contributed by atoms with Crippen molar-refractivity contribution >= 4 is 23.1 Å². The molecule has 0 atom stereocenters. The molecule has 0 aliphatic heterocycles. The smallest absolute Gasteiger partial charge is 0.347 e. The van der Waals surface area contributed by atoms with E-state index in [1.165, 1.54) is 11.5 Å². The quantitative estimate of drug-likeness (QED) is 0.875. The third-order valence-corrected chi connectivity index (χ3v) is 4.08. The van der Waals surface area contributed by atoms with Gasteiger partial charge in [-0.15, -0.1) is 0 Å². The molecule has 1 heterocycles. The number of aromatic carboxylic acids is 1. The van der Waals surface area contributed by atoms with Crippen molar-refractivity contribution in [3.05, 3.63) is 55.6 Å². The summed E-state index contributed by atoms with van der Waals surface area (Å²) in [4.78, 5) is 34.4. The van der Waals surface area contributed by atoms with Crippen molar-refractivity contribution in [1.29, 1.82) is 0 Å². The highest BCUT2D eigenvalue weighted by Crippen LogP contribution is 2.13. The number of hydrogen-bond acceptors (Lipinski definition) is 4. The lowest BCUT2D eigenvalue weighted by molar-refractivity contribution is 0.0700. The highest BCUT2D eigenvalue weighted by molar-refractivity contribution is 7.11. The zero-order valence-corrected chi connectivity index (χ0v) is 11.9. The highest BCUT2D eigenvalue weighted by atomic mass is 32.1. The fraction of sp³-hybridized carbons (Fsp3) is 0.214. The van der Waals surface area contributed by atoms with Gasteiger partial charge in [-0.1, -0.05) is 41.2 Å². The molecule has 5 nitrogen and oxygen atoms in total. The maximum Gasteiger partial charge on any atom is 0.347 e. The van der Waals surface area contributed by atoms with Gasteiger partial charge >= 0.3 is 10.8 Å². The molecule has 2 rings (SSSR count). The van der Waals surface area contributed by atoms with Crippen LogP contribution in [0.15, 0.2) is 29.1 Å². The highest BCUT2D eigenvalue weighted by Gasteiger charge is 2.18. The molecule has 1 aromatic heterocycles. The molecule has 0 aliphatic carbocycles. The van der Waals surface area contributed by atoms with Gasteiger partial charge < -0.3 is 5.11 Å². The maximum absolute atomic E-state index is 12.1. The summed E-state index contributed by atoms with van der Waals surface area (Å²) in [5.74, 6) is -1.36. The molecule has 0 bridgehead atoms. The summed E-state index contributed by atoms with van der Waals surface area (Å²) in [6.07, 6.45) is 0. The lowest BCUT2D eigenvalue weighted by atomic mass is 10.1. The van der Waals surface area contributed by atoms with Gasteiger partial charge in [-0.25, -0.2) is 4.79 Å². The Bertz CT molecular complexity index is 725. The lowest BCUT2D eigenvalue weighted by Gasteiger charge is -2.05. The number of benzene rings is 1. The summed E-state index contributed by atoms with van der Waals surface area (Å²) in [5.41, 5.74) is 1.86. The van der Waals surface area contributed by atoms with E-state index in [9.17, 15) is 14.4 Å².